The van der Waals surface area contributed by atoms with E-state index in [-0.39, 0.29) is 12.6 Å². The van der Waals surface area contributed by atoms with Crippen molar-refractivity contribution in [2.75, 3.05) is 25.1 Å². The van der Waals surface area contributed by atoms with Crippen molar-refractivity contribution in [2.24, 2.45) is 10.9 Å². The maximum absolute atomic E-state index is 14.1. The number of amides is 4. The molecule has 0 aromatic heterocycles. The quantitative estimate of drug-likeness (QED) is 0.546. The van der Waals surface area contributed by atoms with Crippen LogP contribution in [0.25, 0.3) is 0 Å². The Bertz CT molecular complexity index is 1360. The first-order valence-electron chi connectivity index (χ1n) is 12.1. The second-order valence-electron chi connectivity index (χ2n) is 10.2. The van der Waals surface area contributed by atoms with Crippen molar-refractivity contribution in [2.45, 2.75) is 38.8 Å². The third-order valence-electron chi connectivity index (χ3n) is 6.53. The van der Waals surface area contributed by atoms with Gasteiger partial charge in [-0.25, -0.2) is 9.59 Å². The van der Waals surface area contributed by atoms with Crippen molar-refractivity contribution in [3.8, 4) is 5.75 Å². The molecule has 3 heterocycles. The van der Waals surface area contributed by atoms with Crippen molar-refractivity contribution in [1.29, 1.82) is 0 Å². The summed E-state index contributed by atoms with van der Waals surface area (Å²) in [5.41, 5.74) is 1.47. The zero-order valence-electron chi connectivity index (χ0n) is 21.1. The average molecular weight is 524 g/mol. The molecule has 2 aromatic rings. The Morgan fingerprint density at radius 1 is 1.16 bits per heavy atom. The fourth-order valence-corrected chi connectivity index (χ4v) is 5.15. The number of rotatable bonds is 3. The van der Waals surface area contributed by atoms with E-state index in [1.165, 1.54) is 0 Å². The lowest BCUT2D eigenvalue weighted by Gasteiger charge is -2.31. The topological polar surface area (TPSA) is 91.5 Å². The normalized spacial score (nSPS) is 21.2. The monoisotopic (exact) mass is 523 g/mol. The molecule has 0 spiro atoms. The first-order chi connectivity index (χ1) is 17.6. The molecule has 2 atom stereocenters. The van der Waals surface area contributed by atoms with Crippen LogP contribution in [0.3, 0.4) is 0 Å². The maximum atomic E-state index is 14.1. The number of methoxy groups -OCH3 is 1. The Hall–Kier alpha value is -3.72. The maximum Gasteiger partial charge on any atom is 0.506 e. The highest BCUT2D eigenvalue weighted by molar-refractivity contribution is 6.34. The fourth-order valence-electron chi connectivity index (χ4n) is 4.97. The zero-order valence-corrected chi connectivity index (χ0v) is 21.9. The van der Waals surface area contributed by atoms with Gasteiger partial charge in [-0.05, 0) is 45.0 Å². The van der Waals surface area contributed by atoms with E-state index >= 15 is 0 Å². The van der Waals surface area contributed by atoms with Crippen LogP contribution in [0.2, 0.25) is 5.02 Å². The molecule has 10 heteroatoms. The molecule has 9 nitrogen and oxygen atoms in total. The number of fused-ring (bicyclic) bond motifs is 3. The first kappa shape index (κ1) is 25.0. The minimum atomic E-state index is -0.799. The van der Waals surface area contributed by atoms with E-state index in [9.17, 15) is 14.4 Å². The molecule has 0 bridgehead atoms. The van der Waals surface area contributed by atoms with Gasteiger partial charge in [0.25, 0.3) is 0 Å². The summed E-state index contributed by atoms with van der Waals surface area (Å²) in [7, 11) is 1.55. The molecule has 1 saturated heterocycles. The number of anilines is 1. The summed E-state index contributed by atoms with van der Waals surface area (Å²) in [6, 6.07) is 11.2. The van der Waals surface area contributed by atoms with Gasteiger partial charge in [-0.2, -0.15) is 9.37 Å². The number of hydrogen-bond acceptors (Lipinski definition) is 6. The molecule has 0 aliphatic carbocycles. The number of para-hydroxylation sites is 1. The highest BCUT2D eigenvalue weighted by Gasteiger charge is 2.53. The van der Waals surface area contributed by atoms with Gasteiger partial charge in [-0.15, -0.1) is 4.90 Å². The summed E-state index contributed by atoms with van der Waals surface area (Å²) in [5.74, 6) is -0.678. The molecule has 3 aliphatic rings. The Labute approximate surface area is 219 Å². The van der Waals surface area contributed by atoms with Gasteiger partial charge in [0, 0.05) is 35.8 Å². The second kappa shape index (κ2) is 9.30. The molecule has 4 amide bonds. The fraction of sp³-hybridized carbons (Fsp3) is 0.370. The van der Waals surface area contributed by atoms with Crippen LogP contribution in [0.1, 0.15) is 32.8 Å². The minimum absolute atomic E-state index is 0.269. The molecule has 0 saturated carbocycles. The van der Waals surface area contributed by atoms with E-state index in [4.69, 9.17) is 21.1 Å². The molecule has 0 radical (unpaired) electrons. The van der Waals surface area contributed by atoms with E-state index in [1.54, 1.807) is 59.2 Å². The van der Waals surface area contributed by atoms with Gasteiger partial charge in [0.05, 0.1) is 13.7 Å². The third kappa shape index (κ3) is 4.48. The summed E-state index contributed by atoms with van der Waals surface area (Å²) in [6.07, 6.45) is 1.64. The third-order valence-corrected chi connectivity index (χ3v) is 6.77. The number of hydrogen-bond donors (Lipinski definition) is 0. The van der Waals surface area contributed by atoms with Crippen LogP contribution >= 0.6 is 11.6 Å². The average Bonchev–Trinajstić information content (AvgIpc) is 3.33. The van der Waals surface area contributed by atoms with Crippen LogP contribution in [0.5, 0.6) is 5.75 Å². The van der Waals surface area contributed by atoms with Crippen LogP contribution in [-0.2, 0) is 9.53 Å². The molecule has 192 valence electrons. The first-order valence-corrected chi connectivity index (χ1v) is 12.5. The lowest BCUT2D eigenvalue weighted by atomic mass is 9.89. The van der Waals surface area contributed by atoms with E-state index in [2.05, 4.69) is 4.99 Å². The van der Waals surface area contributed by atoms with Crippen LogP contribution in [0.4, 0.5) is 21.0 Å². The number of ether oxygens (including phenoxy) is 2. The molecular formula is C27H28ClN4O5+. The summed E-state index contributed by atoms with van der Waals surface area (Å²) < 4.78 is 12.7. The predicted octanol–water partition coefficient (Wildman–Crippen LogP) is 4.66. The zero-order chi connectivity index (χ0) is 26.5. The highest BCUT2D eigenvalue weighted by atomic mass is 35.5. The minimum Gasteiger partial charge on any atom is -0.494 e. The molecule has 1 unspecified atom stereocenters. The lowest BCUT2D eigenvalue weighted by Crippen LogP contribution is -2.59. The number of nitrogens with zero attached hydrogens (tertiary/aromatic N) is 4. The molecule has 0 N–H and O–H groups in total. The number of halogens is 1. The number of carbonyl (C=O) groups excluding carboxylic acids is 3. The van der Waals surface area contributed by atoms with E-state index in [0.29, 0.717) is 46.4 Å². The van der Waals surface area contributed by atoms with Crippen molar-refractivity contribution in [3.63, 3.8) is 0 Å². The Balaban J connectivity index is 1.63. The van der Waals surface area contributed by atoms with Crippen molar-refractivity contribution < 1.29 is 28.4 Å². The number of imide groups is 1. The van der Waals surface area contributed by atoms with Gasteiger partial charge in [0.15, 0.2) is 5.92 Å². The van der Waals surface area contributed by atoms with E-state index in [0.717, 1.165) is 4.90 Å². The van der Waals surface area contributed by atoms with Crippen LogP contribution in [0.15, 0.2) is 47.5 Å². The van der Waals surface area contributed by atoms with E-state index < -0.39 is 29.6 Å². The van der Waals surface area contributed by atoms with Crippen molar-refractivity contribution >= 4 is 52.9 Å². The van der Waals surface area contributed by atoms with Gasteiger partial charge in [0.1, 0.15) is 34.5 Å². The molecule has 3 aliphatic heterocycles. The Morgan fingerprint density at radius 2 is 1.92 bits per heavy atom. The smallest absolute Gasteiger partial charge is 0.494 e. The molecule has 5 rings (SSSR count). The predicted molar refractivity (Wildman–Crippen MR) is 140 cm³/mol. The summed E-state index contributed by atoms with van der Waals surface area (Å²) >= 11 is 6.20. The van der Waals surface area contributed by atoms with Gasteiger partial charge < -0.3 is 14.4 Å². The number of likely N-dealkylation sites (tertiary alicyclic amines) is 1. The van der Waals surface area contributed by atoms with Crippen molar-refractivity contribution in [3.05, 3.63) is 53.1 Å². The van der Waals surface area contributed by atoms with Gasteiger partial charge in [0.2, 0.25) is 0 Å². The Kier molecular flexibility index (Phi) is 6.27. The van der Waals surface area contributed by atoms with E-state index in [1.807, 2.05) is 26.8 Å². The summed E-state index contributed by atoms with van der Waals surface area (Å²) in [6.45, 7) is 6.13. The summed E-state index contributed by atoms with van der Waals surface area (Å²) in [4.78, 5) is 47.9. The van der Waals surface area contributed by atoms with Gasteiger partial charge >= 0.3 is 18.0 Å². The number of benzene rings is 2. The lowest BCUT2D eigenvalue weighted by molar-refractivity contribution is -0.468. The highest BCUT2D eigenvalue weighted by Crippen LogP contribution is 2.39. The summed E-state index contributed by atoms with van der Waals surface area (Å²) in [5, 5.41) is 0.406. The van der Waals surface area contributed by atoms with Gasteiger partial charge in [-0.3, -0.25) is 4.99 Å². The molecule has 2 aromatic carbocycles. The largest absolute Gasteiger partial charge is 0.506 e. The molecule has 1 fully saturated rings. The molecule has 37 heavy (non-hydrogen) atoms. The van der Waals surface area contributed by atoms with Crippen LogP contribution < -0.4 is 9.64 Å². The van der Waals surface area contributed by atoms with Gasteiger partial charge in [-0.1, -0.05) is 23.7 Å². The standard InChI is InChI=1S/C27H28ClN4O5/c1-27(2,3)37-26(35)30-12-11-18(15-30)31-23-19-9-6-10-21(36-4)22(19)29-14-20(23)24(33)32(25(31)34)17-8-5-7-16(28)13-17/h5-10,13-14,18,20H,11-12,15H2,1-4H3/q+1/t18-,20?/m1/s1. The van der Waals surface area contributed by atoms with Crippen LogP contribution in [-0.4, -0.2) is 71.3 Å². The number of aliphatic imine (C=N–C) groups is 1. The Morgan fingerprint density at radius 3 is 2.62 bits per heavy atom. The van der Waals surface area contributed by atoms with Crippen molar-refractivity contribution in [1.82, 2.24) is 4.90 Å². The second-order valence-corrected chi connectivity index (χ2v) is 10.6. The SMILES string of the molecule is COc1cccc2c1N=CC1C(=O)N(c3cccc(Cl)c3)C(=O)[N+]([C@@H]3CCN(C(=O)OC(C)(C)C)C3)=C21. The van der Waals surface area contributed by atoms with Crippen LogP contribution in [0, 0.1) is 5.92 Å². The number of urea groups is 1. The molecular weight excluding hydrogens is 496 g/mol. The number of carbonyl (C=O) groups is 3.